The zero-order valence-electron chi connectivity index (χ0n) is 12.9. The van der Waals surface area contributed by atoms with Gasteiger partial charge in [-0.05, 0) is 42.8 Å². The molecule has 0 aliphatic heterocycles. The predicted molar refractivity (Wildman–Crippen MR) is 96.9 cm³/mol. The fraction of sp³-hybridized carbons (Fsp3) is 0.118. The minimum Gasteiger partial charge on any atom is -0.325 e. The average molecular weight is 359 g/mol. The maximum atomic E-state index is 12.2. The molecular formula is C17H15ClN4OS. The van der Waals surface area contributed by atoms with Gasteiger partial charge in [0.05, 0.1) is 5.75 Å². The van der Waals surface area contributed by atoms with Crippen molar-refractivity contribution in [3.05, 3.63) is 65.4 Å². The second-order valence-electron chi connectivity index (χ2n) is 5.12. The number of amides is 1. The molecule has 5 nitrogen and oxygen atoms in total. The van der Waals surface area contributed by atoms with Gasteiger partial charge < -0.3 is 5.32 Å². The highest BCUT2D eigenvalue weighted by Gasteiger charge is 2.11. The lowest BCUT2D eigenvalue weighted by Gasteiger charge is -2.09. The summed E-state index contributed by atoms with van der Waals surface area (Å²) < 4.78 is 1.85. The molecular weight excluding hydrogens is 344 g/mol. The van der Waals surface area contributed by atoms with Crippen LogP contribution in [0.3, 0.4) is 0 Å². The van der Waals surface area contributed by atoms with E-state index in [-0.39, 0.29) is 11.7 Å². The van der Waals surface area contributed by atoms with E-state index in [0.29, 0.717) is 10.2 Å². The number of hydrogen-bond donors (Lipinski definition) is 1. The molecule has 0 radical (unpaired) electrons. The Bertz CT molecular complexity index is 851. The molecule has 0 saturated carbocycles. The number of hydrogen-bond acceptors (Lipinski definition) is 4. The van der Waals surface area contributed by atoms with Gasteiger partial charge in [-0.3, -0.25) is 9.36 Å². The summed E-state index contributed by atoms with van der Waals surface area (Å²) in [7, 11) is 0. The zero-order chi connectivity index (χ0) is 16.9. The first-order valence-corrected chi connectivity index (χ1v) is 8.64. The third-order valence-corrected chi connectivity index (χ3v) is 4.52. The molecule has 3 rings (SSSR count). The number of nitrogens with one attached hydrogen (secondary N) is 1. The van der Waals surface area contributed by atoms with Gasteiger partial charge in [-0.25, -0.2) is 0 Å². The average Bonchev–Trinajstić information content (AvgIpc) is 3.05. The van der Waals surface area contributed by atoms with Crippen LogP contribution in [0.5, 0.6) is 0 Å². The first kappa shape index (κ1) is 16.5. The smallest absolute Gasteiger partial charge is 0.234 e. The highest BCUT2D eigenvalue weighted by Crippen LogP contribution is 2.22. The fourth-order valence-electron chi connectivity index (χ4n) is 2.17. The van der Waals surface area contributed by atoms with Crippen molar-refractivity contribution in [2.24, 2.45) is 0 Å². The van der Waals surface area contributed by atoms with Crippen LogP contribution in [0.15, 0.2) is 60.0 Å². The van der Waals surface area contributed by atoms with Crippen molar-refractivity contribution >= 4 is 35.0 Å². The van der Waals surface area contributed by atoms with Crippen molar-refractivity contribution in [3.63, 3.8) is 0 Å². The third-order valence-electron chi connectivity index (χ3n) is 3.35. The highest BCUT2D eigenvalue weighted by atomic mass is 35.5. The fourth-order valence-corrected chi connectivity index (χ4v) is 3.13. The molecule has 122 valence electrons. The quantitative estimate of drug-likeness (QED) is 0.701. The summed E-state index contributed by atoms with van der Waals surface area (Å²) in [5.74, 6) is 0.140. The van der Waals surface area contributed by atoms with E-state index in [1.54, 1.807) is 18.5 Å². The van der Waals surface area contributed by atoms with Crippen molar-refractivity contribution in [2.75, 3.05) is 11.1 Å². The monoisotopic (exact) mass is 358 g/mol. The molecule has 0 aliphatic rings. The van der Waals surface area contributed by atoms with Crippen molar-refractivity contribution in [1.82, 2.24) is 14.8 Å². The van der Waals surface area contributed by atoms with Gasteiger partial charge in [0.15, 0.2) is 5.16 Å². The number of carbonyl (C=O) groups is 1. The highest BCUT2D eigenvalue weighted by molar-refractivity contribution is 7.99. The number of aromatic nitrogens is 3. The molecule has 7 heteroatoms. The third kappa shape index (κ3) is 3.96. The number of para-hydroxylation sites is 1. The standard InChI is InChI=1S/C17H15ClN4OS/c1-12-9-13(18)7-8-15(12)20-16(23)10-24-17-21-19-11-22(17)14-5-3-2-4-6-14/h2-9,11H,10H2,1H3,(H,20,23). The number of rotatable bonds is 5. The van der Waals surface area contributed by atoms with Gasteiger partial charge in [-0.15, -0.1) is 10.2 Å². The van der Waals surface area contributed by atoms with E-state index in [4.69, 9.17) is 11.6 Å². The Kier molecular flexibility index (Phi) is 5.17. The summed E-state index contributed by atoms with van der Waals surface area (Å²) in [6, 6.07) is 15.1. The maximum absolute atomic E-state index is 12.2. The molecule has 0 atom stereocenters. The van der Waals surface area contributed by atoms with Crippen LogP contribution in [0.2, 0.25) is 5.02 Å². The molecule has 1 aromatic heterocycles. The van der Waals surface area contributed by atoms with Crippen LogP contribution in [0.4, 0.5) is 5.69 Å². The lowest BCUT2D eigenvalue weighted by molar-refractivity contribution is -0.113. The first-order chi connectivity index (χ1) is 11.6. The van der Waals surface area contributed by atoms with Gasteiger partial charge in [-0.1, -0.05) is 41.6 Å². The molecule has 0 unspecified atom stereocenters. The molecule has 3 aromatic rings. The summed E-state index contributed by atoms with van der Waals surface area (Å²) in [5.41, 5.74) is 2.64. The summed E-state index contributed by atoms with van der Waals surface area (Å²) >= 11 is 7.26. The largest absolute Gasteiger partial charge is 0.325 e. The lowest BCUT2D eigenvalue weighted by Crippen LogP contribution is -2.15. The Morgan fingerprint density at radius 1 is 1.25 bits per heavy atom. The molecule has 1 heterocycles. The second kappa shape index (κ2) is 7.51. The van der Waals surface area contributed by atoms with Crippen molar-refractivity contribution in [2.45, 2.75) is 12.1 Å². The molecule has 0 aliphatic carbocycles. The van der Waals surface area contributed by atoms with Crippen LogP contribution >= 0.6 is 23.4 Å². The van der Waals surface area contributed by atoms with Crippen LogP contribution in [-0.2, 0) is 4.79 Å². The maximum Gasteiger partial charge on any atom is 0.234 e. The topological polar surface area (TPSA) is 59.8 Å². The van der Waals surface area contributed by atoms with E-state index < -0.39 is 0 Å². The number of halogens is 1. The zero-order valence-corrected chi connectivity index (χ0v) is 14.5. The Balaban J connectivity index is 1.64. The van der Waals surface area contributed by atoms with Crippen molar-refractivity contribution in [1.29, 1.82) is 0 Å². The second-order valence-corrected chi connectivity index (χ2v) is 6.49. The Labute approximate surface area is 149 Å². The van der Waals surface area contributed by atoms with Crippen molar-refractivity contribution in [3.8, 4) is 5.69 Å². The minimum absolute atomic E-state index is 0.104. The molecule has 0 fully saturated rings. The summed E-state index contributed by atoms with van der Waals surface area (Å²) in [6.07, 6.45) is 1.64. The number of aryl methyl sites for hydroxylation is 1. The molecule has 0 spiro atoms. The molecule has 1 N–H and O–H groups in total. The van der Waals surface area contributed by atoms with E-state index in [9.17, 15) is 4.79 Å². The van der Waals surface area contributed by atoms with Gasteiger partial charge in [-0.2, -0.15) is 0 Å². The number of thioether (sulfide) groups is 1. The van der Waals surface area contributed by atoms with E-state index in [0.717, 1.165) is 16.9 Å². The summed E-state index contributed by atoms with van der Waals surface area (Å²) in [4.78, 5) is 12.2. The predicted octanol–water partition coefficient (Wildman–Crippen LogP) is 3.96. The minimum atomic E-state index is -0.104. The van der Waals surface area contributed by atoms with E-state index in [1.807, 2.05) is 47.9 Å². The van der Waals surface area contributed by atoms with Gasteiger partial charge in [0, 0.05) is 16.4 Å². The van der Waals surface area contributed by atoms with Crippen LogP contribution < -0.4 is 5.32 Å². The summed E-state index contributed by atoms with van der Waals surface area (Å²) in [6.45, 7) is 1.90. The van der Waals surface area contributed by atoms with Gasteiger partial charge in [0.2, 0.25) is 5.91 Å². The normalized spacial score (nSPS) is 10.6. The van der Waals surface area contributed by atoms with Gasteiger partial charge in [0.1, 0.15) is 6.33 Å². The number of carbonyl (C=O) groups excluding carboxylic acids is 1. The number of anilines is 1. The summed E-state index contributed by atoms with van der Waals surface area (Å²) in [5, 5.41) is 12.2. The number of nitrogens with zero attached hydrogens (tertiary/aromatic N) is 3. The van der Waals surface area contributed by atoms with Crippen LogP contribution in [0.1, 0.15) is 5.56 Å². The SMILES string of the molecule is Cc1cc(Cl)ccc1NC(=O)CSc1nncn1-c1ccccc1. The van der Waals surface area contributed by atoms with Crippen LogP contribution in [0, 0.1) is 6.92 Å². The Hall–Kier alpha value is -2.31. The number of benzene rings is 2. The van der Waals surface area contributed by atoms with E-state index in [2.05, 4.69) is 15.5 Å². The molecule has 1 amide bonds. The molecule has 0 saturated heterocycles. The van der Waals surface area contributed by atoms with Crippen LogP contribution in [-0.4, -0.2) is 26.4 Å². The molecule has 0 bridgehead atoms. The van der Waals surface area contributed by atoms with Crippen LogP contribution in [0.25, 0.3) is 5.69 Å². The van der Waals surface area contributed by atoms with Gasteiger partial charge in [0.25, 0.3) is 0 Å². The van der Waals surface area contributed by atoms with E-state index >= 15 is 0 Å². The molecule has 2 aromatic carbocycles. The Morgan fingerprint density at radius 3 is 2.79 bits per heavy atom. The lowest BCUT2D eigenvalue weighted by atomic mass is 10.2. The molecule has 24 heavy (non-hydrogen) atoms. The van der Waals surface area contributed by atoms with Gasteiger partial charge >= 0.3 is 0 Å². The van der Waals surface area contributed by atoms with E-state index in [1.165, 1.54) is 11.8 Å². The van der Waals surface area contributed by atoms with Crippen molar-refractivity contribution < 1.29 is 4.79 Å². The Morgan fingerprint density at radius 2 is 2.04 bits per heavy atom. The first-order valence-electron chi connectivity index (χ1n) is 7.28.